The molecule has 0 radical (unpaired) electrons. The molecule has 1 aromatic carbocycles. The highest BCUT2D eigenvalue weighted by atomic mass is 35.5. The smallest absolute Gasteiger partial charge is 0.319 e. The standard InChI is InChI=1S/C25H26Cl2N8O2/c1-33(2)25(36)35-9-7-34(8-10-35)21-6-3-15(12-30-21)23-17-11-16(4-5-20(17)31-32-23)37-24(28)22-18(26)13-29-14-19(22)27/h3-6,11-14,24H,7-10,28H2,1-2H3,(H,31,32)/t24-/m0/s1. The lowest BCUT2D eigenvalue weighted by molar-refractivity contribution is 0.168. The second-order valence-electron chi connectivity index (χ2n) is 8.89. The van der Waals surface area contributed by atoms with Gasteiger partial charge >= 0.3 is 6.03 Å². The number of carbonyl (C=O) groups excluding carboxylic acids is 1. The van der Waals surface area contributed by atoms with E-state index >= 15 is 0 Å². The zero-order valence-electron chi connectivity index (χ0n) is 20.4. The van der Waals surface area contributed by atoms with E-state index in [1.165, 1.54) is 12.4 Å². The highest BCUT2D eigenvalue weighted by molar-refractivity contribution is 6.35. The average molecular weight is 541 g/mol. The molecule has 4 aromatic rings. The molecule has 192 valence electrons. The second-order valence-corrected chi connectivity index (χ2v) is 9.71. The number of nitrogens with one attached hydrogen (secondary N) is 1. The normalized spacial score (nSPS) is 14.6. The largest absolute Gasteiger partial charge is 0.471 e. The maximum atomic E-state index is 12.2. The number of carbonyl (C=O) groups is 1. The lowest BCUT2D eigenvalue weighted by Crippen LogP contribution is -2.51. The van der Waals surface area contributed by atoms with Crippen LogP contribution in [0.5, 0.6) is 5.75 Å². The van der Waals surface area contributed by atoms with Crippen molar-refractivity contribution in [1.29, 1.82) is 0 Å². The number of anilines is 1. The monoisotopic (exact) mass is 540 g/mol. The highest BCUT2D eigenvalue weighted by Gasteiger charge is 2.23. The second kappa shape index (κ2) is 10.4. The number of nitrogens with two attached hydrogens (primary N) is 1. The van der Waals surface area contributed by atoms with Crippen molar-refractivity contribution in [3.05, 3.63) is 64.5 Å². The summed E-state index contributed by atoms with van der Waals surface area (Å²) in [6.45, 7) is 2.77. The molecule has 0 spiro atoms. The summed E-state index contributed by atoms with van der Waals surface area (Å²) in [5.74, 6) is 1.41. The van der Waals surface area contributed by atoms with Crippen LogP contribution in [0, 0.1) is 0 Å². The number of hydrogen-bond acceptors (Lipinski definition) is 7. The Hall–Kier alpha value is -3.60. The summed E-state index contributed by atoms with van der Waals surface area (Å²) < 4.78 is 5.96. The Bertz CT molecular complexity index is 1400. The van der Waals surface area contributed by atoms with Gasteiger partial charge in [0.05, 0.1) is 15.6 Å². The third-order valence-corrected chi connectivity index (χ3v) is 6.85. The number of ether oxygens (including phenoxy) is 1. The Morgan fingerprint density at radius 3 is 2.46 bits per heavy atom. The van der Waals surface area contributed by atoms with Gasteiger partial charge in [0.25, 0.3) is 0 Å². The van der Waals surface area contributed by atoms with E-state index in [1.54, 1.807) is 31.3 Å². The number of urea groups is 1. The SMILES string of the molecule is CN(C)C(=O)N1CCN(c2ccc(-c3n[nH]c4ccc(O[C@H](N)c5c(Cl)cncc5Cl)cc34)cn2)CC1. The lowest BCUT2D eigenvalue weighted by Gasteiger charge is -2.36. The number of H-pyrrole nitrogens is 1. The van der Waals surface area contributed by atoms with Gasteiger partial charge in [-0.2, -0.15) is 5.10 Å². The van der Waals surface area contributed by atoms with E-state index in [2.05, 4.69) is 25.1 Å². The molecule has 1 aliphatic heterocycles. The van der Waals surface area contributed by atoms with Gasteiger partial charge in [-0.1, -0.05) is 23.2 Å². The fourth-order valence-corrected chi connectivity index (χ4v) is 4.89. The molecule has 37 heavy (non-hydrogen) atoms. The van der Waals surface area contributed by atoms with Crippen LogP contribution in [0.4, 0.5) is 10.6 Å². The summed E-state index contributed by atoms with van der Waals surface area (Å²) in [7, 11) is 3.53. The molecule has 1 aliphatic rings. The van der Waals surface area contributed by atoms with Crippen LogP contribution in [-0.4, -0.2) is 76.3 Å². The van der Waals surface area contributed by atoms with Crippen LogP contribution >= 0.6 is 23.2 Å². The minimum Gasteiger partial charge on any atom is -0.471 e. The van der Waals surface area contributed by atoms with Crippen LogP contribution in [0.2, 0.25) is 10.0 Å². The number of halogens is 2. The molecule has 1 fully saturated rings. The Morgan fingerprint density at radius 1 is 1.08 bits per heavy atom. The molecule has 10 nitrogen and oxygen atoms in total. The number of amides is 2. The van der Waals surface area contributed by atoms with Gasteiger partial charge in [0.1, 0.15) is 17.3 Å². The number of nitrogens with zero attached hydrogens (tertiary/aromatic N) is 6. The number of hydrogen-bond donors (Lipinski definition) is 2. The molecule has 0 aliphatic carbocycles. The first-order chi connectivity index (χ1) is 17.8. The average Bonchev–Trinajstić information content (AvgIpc) is 3.31. The summed E-state index contributed by atoms with van der Waals surface area (Å²) >= 11 is 12.4. The molecule has 1 saturated heterocycles. The van der Waals surface area contributed by atoms with Crippen LogP contribution < -0.4 is 15.4 Å². The molecule has 0 bridgehead atoms. The number of fused-ring (bicyclic) bond motifs is 1. The van der Waals surface area contributed by atoms with E-state index in [4.69, 9.17) is 33.7 Å². The molecule has 1 atom stereocenters. The molecule has 3 N–H and O–H groups in total. The molecule has 5 rings (SSSR count). The number of aromatic amines is 1. The maximum Gasteiger partial charge on any atom is 0.319 e. The minimum atomic E-state index is -0.870. The number of pyridine rings is 2. The Morgan fingerprint density at radius 2 is 1.81 bits per heavy atom. The van der Waals surface area contributed by atoms with Crippen LogP contribution in [-0.2, 0) is 0 Å². The molecule has 0 saturated carbocycles. The third kappa shape index (κ3) is 5.13. The number of rotatable bonds is 5. The lowest BCUT2D eigenvalue weighted by atomic mass is 10.1. The Kier molecular flexibility index (Phi) is 7.05. The molecular formula is C25H26Cl2N8O2. The zero-order valence-corrected chi connectivity index (χ0v) is 21.9. The van der Waals surface area contributed by atoms with E-state index in [0.717, 1.165) is 41.1 Å². The number of benzene rings is 1. The van der Waals surface area contributed by atoms with Gasteiger partial charge in [-0.05, 0) is 30.3 Å². The molecule has 2 amide bonds. The van der Waals surface area contributed by atoms with Gasteiger partial charge in [-0.25, -0.2) is 9.78 Å². The van der Waals surface area contributed by atoms with Crippen molar-refractivity contribution < 1.29 is 9.53 Å². The summed E-state index contributed by atoms with van der Waals surface area (Å²) in [5.41, 5.74) is 9.17. The van der Waals surface area contributed by atoms with Crippen LogP contribution in [0.1, 0.15) is 11.8 Å². The van der Waals surface area contributed by atoms with Gasteiger partial charge in [0.2, 0.25) is 0 Å². The topological polar surface area (TPSA) is 116 Å². The van der Waals surface area contributed by atoms with Gasteiger partial charge in [0.15, 0.2) is 6.23 Å². The van der Waals surface area contributed by atoms with Crippen molar-refractivity contribution in [2.45, 2.75) is 6.23 Å². The van der Waals surface area contributed by atoms with Crippen molar-refractivity contribution in [2.75, 3.05) is 45.2 Å². The first-order valence-corrected chi connectivity index (χ1v) is 12.4. The first kappa shape index (κ1) is 25.1. The van der Waals surface area contributed by atoms with Crippen LogP contribution in [0.15, 0.2) is 48.9 Å². The molecule has 3 aromatic heterocycles. The van der Waals surface area contributed by atoms with Gasteiger partial charge in [-0.3, -0.25) is 15.8 Å². The zero-order chi connectivity index (χ0) is 26.1. The van der Waals surface area contributed by atoms with Crippen LogP contribution in [0.3, 0.4) is 0 Å². The summed E-state index contributed by atoms with van der Waals surface area (Å²) in [6.07, 6.45) is 3.88. The predicted molar refractivity (Wildman–Crippen MR) is 144 cm³/mol. The summed E-state index contributed by atoms with van der Waals surface area (Å²) in [5, 5.41) is 9.08. The van der Waals surface area contributed by atoms with Crippen molar-refractivity contribution in [3.63, 3.8) is 0 Å². The number of piperazine rings is 1. The molecule has 12 heteroatoms. The molecular weight excluding hydrogens is 515 g/mol. The summed E-state index contributed by atoms with van der Waals surface area (Å²) in [4.78, 5) is 26.4. The Balaban J connectivity index is 1.32. The van der Waals surface area contributed by atoms with E-state index < -0.39 is 6.23 Å². The summed E-state index contributed by atoms with van der Waals surface area (Å²) in [6, 6.07) is 9.54. The van der Waals surface area contributed by atoms with E-state index in [9.17, 15) is 4.79 Å². The van der Waals surface area contributed by atoms with Crippen molar-refractivity contribution in [2.24, 2.45) is 5.73 Å². The van der Waals surface area contributed by atoms with Crippen molar-refractivity contribution in [1.82, 2.24) is 30.0 Å². The minimum absolute atomic E-state index is 0.0321. The fraction of sp³-hybridized carbons (Fsp3) is 0.280. The van der Waals surface area contributed by atoms with Crippen molar-refractivity contribution in [3.8, 4) is 17.0 Å². The van der Waals surface area contributed by atoms with Gasteiger partial charge < -0.3 is 19.4 Å². The quantitative estimate of drug-likeness (QED) is 0.365. The first-order valence-electron chi connectivity index (χ1n) is 11.7. The predicted octanol–water partition coefficient (Wildman–Crippen LogP) is 4.17. The van der Waals surface area contributed by atoms with Crippen molar-refractivity contribution >= 4 is 46.0 Å². The Labute approximate surface area is 223 Å². The molecule has 0 unspecified atom stereocenters. The number of aromatic nitrogens is 4. The van der Waals surface area contributed by atoms with E-state index in [0.29, 0.717) is 34.4 Å². The van der Waals surface area contributed by atoms with E-state index in [-0.39, 0.29) is 6.03 Å². The van der Waals surface area contributed by atoms with Gasteiger partial charge in [0, 0.05) is 75.4 Å². The molecule has 4 heterocycles. The highest BCUT2D eigenvalue weighted by Crippen LogP contribution is 2.33. The third-order valence-electron chi connectivity index (χ3n) is 6.25. The van der Waals surface area contributed by atoms with E-state index in [1.807, 2.05) is 29.2 Å². The van der Waals surface area contributed by atoms with Crippen LogP contribution in [0.25, 0.3) is 22.2 Å². The fourth-order valence-electron chi connectivity index (χ4n) is 4.31. The van der Waals surface area contributed by atoms with Gasteiger partial charge in [-0.15, -0.1) is 0 Å². The maximum absolute atomic E-state index is 12.2.